The first kappa shape index (κ1) is 12.6. The van der Waals surface area contributed by atoms with Crippen LogP contribution in [0.5, 0.6) is 0 Å². The Bertz CT molecular complexity index is 469. The predicted molar refractivity (Wildman–Crippen MR) is 62.0 cm³/mol. The Labute approximate surface area is 104 Å². The molecule has 6 nitrogen and oxygen atoms in total. The summed E-state index contributed by atoms with van der Waals surface area (Å²) < 4.78 is 5.01. The average molecular weight is 252 g/mol. The molecule has 0 unspecified atom stereocenters. The molecule has 2 N–H and O–H groups in total. The second-order valence-electron chi connectivity index (χ2n) is 4.70. The van der Waals surface area contributed by atoms with Crippen molar-refractivity contribution in [1.29, 1.82) is 0 Å². The van der Waals surface area contributed by atoms with Crippen LogP contribution in [-0.2, 0) is 16.0 Å². The third-order valence-electron chi connectivity index (χ3n) is 3.44. The maximum Gasteiger partial charge on any atom is 0.319 e. The molecule has 0 aliphatic heterocycles. The van der Waals surface area contributed by atoms with E-state index in [1.807, 2.05) is 13.8 Å². The van der Waals surface area contributed by atoms with Crippen molar-refractivity contribution in [2.24, 2.45) is 5.41 Å². The lowest BCUT2D eigenvalue weighted by molar-refractivity contribution is -0.149. The number of carbonyl (C=O) groups is 2. The average Bonchev–Trinajstić information content (AvgIpc) is 3.07. The molecule has 98 valence electrons. The summed E-state index contributed by atoms with van der Waals surface area (Å²) in [6.45, 7) is 4.06. The number of aromatic nitrogens is 1. The van der Waals surface area contributed by atoms with Gasteiger partial charge in [0.2, 0.25) is 5.91 Å². The zero-order chi connectivity index (χ0) is 13.3. The SMILES string of the molecule is Cc1noc(C)c1CCNC(=O)C1(C(=O)O)CC1. The Kier molecular flexibility index (Phi) is 3.11. The summed E-state index contributed by atoms with van der Waals surface area (Å²) in [5.74, 6) is -0.680. The smallest absolute Gasteiger partial charge is 0.319 e. The van der Waals surface area contributed by atoms with Crippen molar-refractivity contribution in [1.82, 2.24) is 10.5 Å². The van der Waals surface area contributed by atoms with Gasteiger partial charge in [0.05, 0.1) is 5.69 Å². The van der Waals surface area contributed by atoms with E-state index in [2.05, 4.69) is 10.5 Å². The van der Waals surface area contributed by atoms with Crippen molar-refractivity contribution in [2.45, 2.75) is 33.1 Å². The normalized spacial score (nSPS) is 16.3. The Morgan fingerprint density at radius 3 is 2.56 bits per heavy atom. The van der Waals surface area contributed by atoms with Crippen molar-refractivity contribution in [2.75, 3.05) is 6.54 Å². The molecule has 1 saturated carbocycles. The van der Waals surface area contributed by atoms with Gasteiger partial charge in [-0.2, -0.15) is 0 Å². The number of hydrogen-bond acceptors (Lipinski definition) is 4. The molecular weight excluding hydrogens is 236 g/mol. The molecule has 1 fully saturated rings. The number of rotatable bonds is 5. The number of nitrogens with one attached hydrogen (secondary N) is 1. The van der Waals surface area contributed by atoms with Gasteiger partial charge in [-0.15, -0.1) is 0 Å². The van der Waals surface area contributed by atoms with Crippen LogP contribution in [0.15, 0.2) is 4.52 Å². The first-order valence-corrected chi connectivity index (χ1v) is 5.91. The number of amides is 1. The first-order valence-electron chi connectivity index (χ1n) is 5.91. The van der Waals surface area contributed by atoms with Gasteiger partial charge in [-0.3, -0.25) is 9.59 Å². The lowest BCUT2D eigenvalue weighted by Crippen LogP contribution is -2.38. The minimum atomic E-state index is -1.17. The molecule has 1 heterocycles. The number of carboxylic acid groups (broad SMARTS) is 1. The van der Waals surface area contributed by atoms with Crippen molar-refractivity contribution < 1.29 is 19.2 Å². The highest BCUT2D eigenvalue weighted by Crippen LogP contribution is 2.46. The van der Waals surface area contributed by atoms with Crippen LogP contribution in [0.1, 0.15) is 29.9 Å². The van der Waals surface area contributed by atoms with E-state index in [4.69, 9.17) is 9.63 Å². The van der Waals surface area contributed by atoms with E-state index in [0.717, 1.165) is 17.0 Å². The lowest BCUT2D eigenvalue weighted by Gasteiger charge is -2.10. The fraction of sp³-hybridized carbons (Fsp3) is 0.583. The Balaban J connectivity index is 1.87. The standard InChI is InChI=1S/C12H16N2O4/c1-7-9(8(2)18-14-7)3-6-13-10(15)12(4-5-12)11(16)17/h3-6H2,1-2H3,(H,13,15)(H,16,17). The van der Waals surface area contributed by atoms with Crippen LogP contribution in [0.2, 0.25) is 0 Å². The second kappa shape index (κ2) is 4.44. The third-order valence-corrected chi connectivity index (χ3v) is 3.44. The predicted octanol–water partition coefficient (Wildman–Crippen LogP) is 0.815. The minimum absolute atomic E-state index is 0.387. The van der Waals surface area contributed by atoms with Gasteiger partial charge in [0.15, 0.2) is 0 Å². The molecule has 6 heteroatoms. The highest BCUT2D eigenvalue weighted by Gasteiger charge is 2.56. The zero-order valence-electron chi connectivity index (χ0n) is 10.4. The van der Waals surface area contributed by atoms with Gasteiger partial charge >= 0.3 is 5.97 Å². The van der Waals surface area contributed by atoms with E-state index >= 15 is 0 Å². The molecule has 0 radical (unpaired) electrons. The van der Waals surface area contributed by atoms with E-state index in [0.29, 0.717) is 25.8 Å². The lowest BCUT2D eigenvalue weighted by atomic mass is 10.1. The quantitative estimate of drug-likeness (QED) is 0.757. The molecule has 0 bridgehead atoms. The molecule has 1 aliphatic rings. The summed E-state index contributed by atoms with van der Waals surface area (Å²) in [6, 6.07) is 0. The van der Waals surface area contributed by atoms with Crippen molar-refractivity contribution in [3.8, 4) is 0 Å². The van der Waals surface area contributed by atoms with Crippen LogP contribution in [-0.4, -0.2) is 28.7 Å². The zero-order valence-corrected chi connectivity index (χ0v) is 10.4. The highest BCUT2D eigenvalue weighted by molar-refractivity contribution is 6.04. The summed E-state index contributed by atoms with van der Waals surface area (Å²) in [5.41, 5.74) is 0.607. The van der Waals surface area contributed by atoms with Crippen LogP contribution < -0.4 is 5.32 Å². The van der Waals surface area contributed by atoms with Crippen LogP contribution in [0.3, 0.4) is 0 Å². The number of carbonyl (C=O) groups excluding carboxylic acids is 1. The molecule has 1 aliphatic carbocycles. The number of carboxylic acids is 1. The maximum atomic E-state index is 11.7. The number of aliphatic carboxylic acids is 1. The fourth-order valence-electron chi connectivity index (χ4n) is 1.99. The van der Waals surface area contributed by atoms with Gasteiger partial charge in [-0.05, 0) is 33.1 Å². The van der Waals surface area contributed by atoms with Crippen molar-refractivity contribution in [3.05, 3.63) is 17.0 Å². The van der Waals surface area contributed by atoms with Gasteiger partial charge in [0.25, 0.3) is 0 Å². The molecule has 0 atom stereocenters. The Morgan fingerprint density at radius 1 is 1.44 bits per heavy atom. The van der Waals surface area contributed by atoms with Crippen molar-refractivity contribution in [3.63, 3.8) is 0 Å². The van der Waals surface area contributed by atoms with E-state index in [1.165, 1.54) is 0 Å². The molecular formula is C12H16N2O4. The van der Waals surface area contributed by atoms with Crippen LogP contribution >= 0.6 is 0 Å². The van der Waals surface area contributed by atoms with E-state index < -0.39 is 11.4 Å². The number of nitrogens with zero attached hydrogens (tertiary/aromatic N) is 1. The van der Waals surface area contributed by atoms with Crippen molar-refractivity contribution >= 4 is 11.9 Å². The molecule has 0 saturated heterocycles. The molecule has 1 amide bonds. The molecule has 0 spiro atoms. The second-order valence-corrected chi connectivity index (χ2v) is 4.70. The molecule has 1 aromatic rings. The molecule has 2 rings (SSSR count). The maximum absolute atomic E-state index is 11.7. The van der Waals surface area contributed by atoms with E-state index in [9.17, 15) is 9.59 Å². The summed E-state index contributed by atoms with van der Waals surface area (Å²) in [4.78, 5) is 22.7. The van der Waals surface area contributed by atoms with E-state index in [-0.39, 0.29) is 5.91 Å². The number of aryl methyl sites for hydroxylation is 2. The highest BCUT2D eigenvalue weighted by atomic mass is 16.5. The molecule has 1 aromatic heterocycles. The topological polar surface area (TPSA) is 92.4 Å². The van der Waals surface area contributed by atoms with Gasteiger partial charge in [-0.1, -0.05) is 5.16 Å². The van der Waals surface area contributed by atoms with Gasteiger partial charge < -0.3 is 14.9 Å². The summed E-state index contributed by atoms with van der Waals surface area (Å²) in [5, 5.41) is 15.5. The van der Waals surface area contributed by atoms with Gasteiger partial charge in [0, 0.05) is 12.1 Å². The Hall–Kier alpha value is -1.85. The summed E-state index contributed by atoms with van der Waals surface area (Å²) in [7, 11) is 0. The summed E-state index contributed by atoms with van der Waals surface area (Å²) >= 11 is 0. The summed E-state index contributed by atoms with van der Waals surface area (Å²) in [6.07, 6.45) is 1.46. The number of hydrogen-bond donors (Lipinski definition) is 2. The van der Waals surface area contributed by atoms with Crippen LogP contribution in [0.25, 0.3) is 0 Å². The third kappa shape index (κ3) is 2.10. The molecule has 18 heavy (non-hydrogen) atoms. The first-order chi connectivity index (χ1) is 8.47. The minimum Gasteiger partial charge on any atom is -0.480 e. The Morgan fingerprint density at radius 2 is 2.11 bits per heavy atom. The molecule has 0 aromatic carbocycles. The van der Waals surface area contributed by atoms with Gasteiger partial charge in [-0.25, -0.2) is 0 Å². The fourth-order valence-corrected chi connectivity index (χ4v) is 1.99. The van der Waals surface area contributed by atoms with Gasteiger partial charge in [0.1, 0.15) is 11.2 Å². The monoisotopic (exact) mass is 252 g/mol. The van der Waals surface area contributed by atoms with E-state index in [1.54, 1.807) is 0 Å². The largest absolute Gasteiger partial charge is 0.480 e. The van der Waals surface area contributed by atoms with Crippen LogP contribution in [0.4, 0.5) is 0 Å². The van der Waals surface area contributed by atoms with Crippen LogP contribution in [0, 0.1) is 19.3 Å².